The molecule has 2 atom stereocenters. The molecule has 0 aliphatic carbocycles. The first-order valence-corrected chi connectivity index (χ1v) is 11.3. The van der Waals surface area contributed by atoms with Gasteiger partial charge in [-0.2, -0.15) is 5.26 Å². The summed E-state index contributed by atoms with van der Waals surface area (Å²) in [6.07, 6.45) is 0.832. The number of ether oxygens (including phenoxy) is 1. The van der Waals surface area contributed by atoms with Crippen molar-refractivity contribution in [3.8, 4) is 22.9 Å². The van der Waals surface area contributed by atoms with Crippen molar-refractivity contribution in [3.05, 3.63) is 75.5 Å². The largest absolute Gasteiger partial charge is 0.493 e. The van der Waals surface area contributed by atoms with Crippen molar-refractivity contribution < 1.29 is 9.53 Å². The lowest BCUT2D eigenvalue weighted by atomic mass is 9.76. The van der Waals surface area contributed by atoms with Gasteiger partial charge in [0.1, 0.15) is 5.75 Å². The van der Waals surface area contributed by atoms with Crippen molar-refractivity contribution in [1.82, 2.24) is 10.2 Å². The molecule has 1 aromatic heterocycles. The standard InChI is InChI=1S/C25H22N4O2S/c1-25(21-12-19(14-32-21)16-5-3-4-15(10-16)13-26)22(23(30)29(2)24(27)28-25)18-6-7-20-17(11-18)8-9-31-20/h3-7,10-12,14,22H,8-9H2,1-2H3,(H2,27,28)/t22-,25+/m0/s1. The van der Waals surface area contributed by atoms with Crippen LogP contribution in [0.5, 0.6) is 5.75 Å². The van der Waals surface area contributed by atoms with Crippen molar-refractivity contribution in [1.29, 1.82) is 10.7 Å². The Morgan fingerprint density at radius 1 is 1.25 bits per heavy atom. The molecule has 5 rings (SSSR count). The SMILES string of the molecule is CN1C(=N)N[C@](C)(c2cc(-c3cccc(C#N)c3)cs2)[C@@H](c2ccc3c(c2)CCO3)C1=O. The molecule has 0 radical (unpaired) electrons. The summed E-state index contributed by atoms with van der Waals surface area (Å²) >= 11 is 1.55. The lowest BCUT2D eigenvalue weighted by Gasteiger charge is -2.45. The molecule has 1 saturated heterocycles. The maximum Gasteiger partial charge on any atom is 0.239 e. The van der Waals surface area contributed by atoms with Crippen LogP contribution in [0.4, 0.5) is 0 Å². The second-order valence-electron chi connectivity index (χ2n) is 8.36. The van der Waals surface area contributed by atoms with Crippen LogP contribution < -0.4 is 10.1 Å². The number of carbonyl (C=O) groups excluding carboxylic acids is 1. The summed E-state index contributed by atoms with van der Waals surface area (Å²) in [6.45, 7) is 2.65. The topological polar surface area (TPSA) is 89.2 Å². The molecular weight excluding hydrogens is 420 g/mol. The van der Waals surface area contributed by atoms with Crippen LogP contribution in [0.1, 0.15) is 34.4 Å². The van der Waals surface area contributed by atoms with Crippen LogP contribution in [0.3, 0.4) is 0 Å². The summed E-state index contributed by atoms with van der Waals surface area (Å²) < 4.78 is 5.65. The van der Waals surface area contributed by atoms with Crippen LogP contribution in [0, 0.1) is 16.7 Å². The highest BCUT2D eigenvalue weighted by Crippen LogP contribution is 2.45. The average Bonchev–Trinajstić information content (AvgIpc) is 3.47. The second-order valence-corrected chi connectivity index (χ2v) is 9.28. The quantitative estimate of drug-likeness (QED) is 0.636. The molecule has 0 spiro atoms. The number of hydrogen-bond donors (Lipinski definition) is 2. The second kappa shape index (κ2) is 7.50. The average molecular weight is 443 g/mol. The number of likely N-dealkylation sites (N-methyl/N-ethyl adjacent to an activating group) is 1. The van der Waals surface area contributed by atoms with E-state index in [1.807, 2.05) is 42.6 Å². The van der Waals surface area contributed by atoms with E-state index in [-0.39, 0.29) is 11.9 Å². The highest BCUT2D eigenvalue weighted by Gasteiger charge is 2.49. The first-order chi connectivity index (χ1) is 15.4. The predicted molar refractivity (Wildman–Crippen MR) is 124 cm³/mol. The van der Waals surface area contributed by atoms with E-state index in [2.05, 4.69) is 23.5 Å². The molecule has 1 fully saturated rings. The molecule has 6 nitrogen and oxygen atoms in total. The van der Waals surface area contributed by atoms with E-state index in [1.165, 1.54) is 4.90 Å². The number of amides is 1. The molecule has 160 valence electrons. The fourth-order valence-electron chi connectivity index (χ4n) is 4.55. The van der Waals surface area contributed by atoms with E-state index in [0.717, 1.165) is 39.3 Å². The normalized spacial score (nSPS) is 22.2. The number of thiophene rings is 1. The molecule has 2 N–H and O–H groups in total. The van der Waals surface area contributed by atoms with Crippen LogP contribution in [0.25, 0.3) is 11.1 Å². The molecular formula is C25H22N4O2S. The van der Waals surface area contributed by atoms with Crippen molar-refractivity contribution in [2.75, 3.05) is 13.7 Å². The number of nitriles is 1. The highest BCUT2D eigenvalue weighted by atomic mass is 32.1. The number of hydrogen-bond acceptors (Lipinski definition) is 5. The minimum absolute atomic E-state index is 0.0830. The molecule has 2 aliphatic heterocycles. The number of nitrogens with zero attached hydrogens (tertiary/aromatic N) is 2. The molecule has 2 aliphatic rings. The van der Waals surface area contributed by atoms with Crippen molar-refractivity contribution in [3.63, 3.8) is 0 Å². The number of guanidine groups is 1. The zero-order chi connectivity index (χ0) is 22.5. The zero-order valence-corrected chi connectivity index (χ0v) is 18.6. The fraction of sp³-hybridized carbons (Fsp3) is 0.240. The number of fused-ring (bicyclic) bond motifs is 1. The maximum atomic E-state index is 13.5. The fourth-order valence-corrected chi connectivity index (χ4v) is 5.61. The third kappa shape index (κ3) is 3.15. The minimum Gasteiger partial charge on any atom is -0.493 e. The van der Waals surface area contributed by atoms with Crippen molar-refractivity contribution in [2.24, 2.45) is 0 Å². The molecule has 0 bridgehead atoms. The predicted octanol–water partition coefficient (Wildman–Crippen LogP) is 4.22. The smallest absolute Gasteiger partial charge is 0.239 e. The van der Waals surface area contributed by atoms with Gasteiger partial charge in [-0.1, -0.05) is 24.3 Å². The van der Waals surface area contributed by atoms with Crippen LogP contribution >= 0.6 is 11.3 Å². The van der Waals surface area contributed by atoms with Crippen LogP contribution in [-0.4, -0.2) is 30.4 Å². The van der Waals surface area contributed by atoms with Gasteiger partial charge in [-0.15, -0.1) is 11.3 Å². The Hall–Kier alpha value is -3.63. The molecule has 0 unspecified atom stereocenters. The van der Waals surface area contributed by atoms with Gasteiger partial charge in [0, 0.05) is 18.3 Å². The van der Waals surface area contributed by atoms with Crippen LogP contribution in [0.15, 0.2) is 53.9 Å². The van der Waals surface area contributed by atoms with E-state index in [9.17, 15) is 10.1 Å². The van der Waals surface area contributed by atoms with Gasteiger partial charge in [-0.05, 0) is 58.8 Å². The Balaban J connectivity index is 1.60. The zero-order valence-electron chi connectivity index (χ0n) is 17.8. The monoisotopic (exact) mass is 442 g/mol. The van der Waals surface area contributed by atoms with E-state index >= 15 is 0 Å². The van der Waals surface area contributed by atoms with Gasteiger partial charge in [0.2, 0.25) is 5.91 Å². The number of carbonyl (C=O) groups is 1. The van der Waals surface area contributed by atoms with Gasteiger partial charge in [0.25, 0.3) is 0 Å². The summed E-state index contributed by atoms with van der Waals surface area (Å²) in [5, 5.41) is 23.0. The summed E-state index contributed by atoms with van der Waals surface area (Å²) in [5.41, 5.74) is 3.79. The van der Waals surface area contributed by atoms with Gasteiger partial charge in [-0.3, -0.25) is 15.1 Å². The first-order valence-electron chi connectivity index (χ1n) is 10.4. The van der Waals surface area contributed by atoms with Crippen LogP contribution in [0.2, 0.25) is 0 Å². The van der Waals surface area contributed by atoms with Crippen LogP contribution in [-0.2, 0) is 16.8 Å². The minimum atomic E-state index is -0.788. The Bertz CT molecular complexity index is 1290. The molecule has 7 heteroatoms. The van der Waals surface area contributed by atoms with Gasteiger partial charge in [0.15, 0.2) is 5.96 Å². The Morgan fingerprint density at radius 2 is 2.09 bits per heavy atom. The third-order valence-electron chi connectivity index (χ3n) is 6.35. The van der Waals surface area contributed by atoms with E-state index in [0.29, 0.717) is 12.2 Å². The van der Waals surface area contributed by atoms with Gasteiger partial charge >= 0.3 is 0 Å². The Labute approximate surface area is 190 Å². The van der Waals surface area contributed by atoms with Gasteiger partial charge in [0.05, 0.1) is 29.7 Å². The molecule has 0 saturated carbocycles. The summed E-state index contributed by atoms with van der Waals surface area (Å²) in [4.78, 5) is 15.8. The molecule has 2 aromatic carbocycles. The van der Waals surface area contributed by atoms with E-state index < -0.39 is 11.5 Å². The first kappa shape index (κ1) is 20.3. The summed E-state index contributed by atoms with van der Waals surface area (Å²) in [7, 11) is 1.63. The maximum absolute atomic E-state index is 13.5. The van der Waals surface area contributed by atoms with Gasteiger partial charge < -0.3 is 10.1 Å². The highest BCUT2D eigenvalue weighted by molar-refractivity contribution is 7.10. The number of rotatable bonds is 3. The van der Waals surface area contributed by atoms with Crippen molar-refractivity contribution in [2.45, 2.75) is 24.8 Å². The summed E-state index contributed by atoms with van der Waals surface area (Å²) in [5.74, 6) is 0.351. The van der Waals surface area contributed by atoms with Gasteiger partial charge in [-0.25, -0.2) is 0 Å². The molecule has 1 amide bonds. The molecule has 32 heavy (non-hydrogen) atoms. The Morgan fingerprint density at radius 3 is 2.91 bits per heavy atom. The van der Waals surface area contributed by atoms with Crippen molar-refractivity contribution >= 4 is 23.2 Å². The number of nitrogens with one attached hydrogen (secondary N) is 2. The summed E-state index contributed by atoms with van der Waals surface area (Å²) in [6, 6.07) is 17.7. The third-order valence-corrected chi connectivity index (χ3v) is 7.52. The van der Waals surface area contributed by atoms with E-state index in [4.69, 9.17) is 10.1 Å². The van der Waals surface area contributed by atoms with E-state index in [1.54, 1.807) is 24.5 Å². The number of benzene rings is 2. The Kier molecular flexibility index (Phi) is 4.75. The molecule has 3 aromatic rings. The molecule has 3 heterocycles. The lowest BCUT2D eigenvalue weighted by molar-refractivity contribution is -0.131. The lowest BCUT2D eigenvalue weighted by Crippen LogP contribution is -2.62.